The molecule has 0 aliphatic heterocycles. The van der Waals surface area contributed by atoms with Crippen molar-refractivity contribution in [3.63, 3.8) is 0 Å². The van der Waals surface area contributed by atoms with Crippen LogP contribution in [0.25, 0.3) is 0 Å². The molecule has 0 aliphatic rings. The van der Waals surface area contributed by atoms with Gasteiger partial charge in [-0.15, -0.1) is 0 Å². The largest absolute Gasteiger partial charge is 0.467 e. The van der Waals surface area contributed by atoms with E-state index < -0.39 is 24.5 Å². The number of nitrogens with two attached hydrogens (primary N) is 1. The molecule has 4 N–H and O–H groups in total. The van der Waals surface area contributed by atoms with Gasteiger partial charge >= 0.3 is 5.97 Å². The third kappa shape index (κ3) is 3.46. The van der Waals surface area contributed by atoms with Crippen molar-refractivity contribution in [3.05, 3.63) is 29.8 Å². The molecule has 92 valence electrons. The number of anilines is 1. The van der Waals surface area contributed by atoms with Gasteiger partial charge in [-0.1, -0.05) is 0 Å². The molecule has 1 amide bonds. The van der Waals surface area contributed by atoms with Crippen molar-refractivity contribution in [2.45, 2.75) is 6.04 Å². The quantitative estimate of drug-likeness (QED) is 0.486. The normalized spacial score (nSPS) is 11.6. The van der Waals surface area contributed by atoms with E-state index >= 15 is 0 Å². The monoisotopic (exact) mass is 238 g/mol. The Labute approximate surface area is 98.4 Å². The highest BCUT2D eigenvalue weighted by Gasteiger charge is 2.20. The van der Waals surface area contributed by atoms with E-state index in [-0.39, 0.29) is 0 Å². The summed E-state index contributed by atoms with van der Waals surface area (Å²) in [4.78, 5) is 22.8. The number of nitrogen functional groups attached to an aromatic ring is 1. The molecule has 0 saturated heterocycles. The highest BCUT2D eigenvalue weighted by atomic mass is 16.5. The van der Waals surface area contributed by atoms with Crippen molar-refractivity contribution in [2.75, 3.05) is 19.5 Å². The Bertz CT molecular complexity index is 402. The number of methoxy groups -OCH3 is 1. The van der Waals surface area contributed by atoms with E-state index in [1.807, 2.05) is 0 Å². The van der Waals surface area contributed by atoms with Crippen molar-refractivity contribution in [1.29, 1.82) is 0 Å². The van der Waals surface area contributed by atoms with E-state index in [2.05, 4.69) is 10.1 Å². The van der Waals surface area contributed by atoms with Crippen LogP contribution < -0.4 is 11.1 Å². The zero-order valence-corrected chi connectivity index (χ0v) is 9.34. The summed E-state index contributed by atoms with van der Waals surface area (Å²) in [6.07, 6.45) is 0. The Morgan fingerprint density at radius 2 is 2.00 bits per heavy atom. The van der Waals surface area contributed by atoms with E-state index in [1.54, 1.807) is 12.1 Å². The van der Waals surface area contributed by atoms with Crippen molar-refractivity contribution in [1.82, 2.24) is 5.32 Å². The minimum absolute atomic E-state index is 0.349. The predicted octanol–water partition coefficient (Wildman–Crippen LogP) is -0.468. The van der Waals surface area contributed by atoms with Gasteiger partial charge < -0.3 is 20.9 Å². The number of carbonyl (C=O) groups excluding carboxylic acids is 2. The topological polar surface area (TPSA) is 102 Å². The highest BCUT2D eigenvalue weighted by Crippen LogP contribution is 2.05. The maximum atomic E-state index is 11.7. The number of ether oxygens (including phenoxy) is 1. The number of rotatable bonds is 4. The minimum atomic E-state index is -1.06. The molecule has 1 atom stereocenters. The number of amides is 1. The first-order chi connectivity index (χ1) is 8.08. The Kier molecular flexibility index (Phi) is 4.47. The van der Waals surface area contributed by atoms with Gasteiger partial charge in [0.2, 0.25) is 0 Å². The molecule has 0 aromatic heterocycles. The lowest BCUT2D eigenvalue weighted by molar-refractivity contribution is -0.143. The van der Waals surface area contributed by atoms with Crippen molar-refractivity contribution < 1.29 is 19.4 Å². The average Bonchev–Trinajstić information content (AvgIpc) is 2.35. The van der Waals surface area contributed by atoms with Gasteiger partial charge in [0.25, 0.3) is 5.91 Å². The van der Waals surface area contributed by atoms with E-state index in [1.165, 1.54) is 19.2 Å². The highest BCUT2D eigenvalue weighted by molar-refractivity contribution is 5.97. The van der Waals surface area contributed by atoms with Crippen LogP contribution in [0.1, 0.15) is 10.4 Å². The lowest BCUT2D eigenvalue weighted by Gasteiger charge is -2.13. The first-order valence-corrected chi connectivity index (χ1v) is 4.93. The molecule has 17 heavy (non-hydrogen) atoms. The third-order valence-electron chi connectivity index (χ3n) is 2.15. The Balaban J connectivity index is 2.71. The Hall–Kier alpha value is -2.08. The van der Waals surface area contributed by atoms with Crippen LogP contribution in [-0.4, -0.2) is 36.7 Å². The second kappa shape index (κ2) is 5.86. The van der Waals surface area contributed by atoms with E-state index in [0.717, 1.165) is 0 Å². The molecule has 6 nitrogen and oxygen atoms in total. The predicted molar refractivity (Wildman–Crippen MR) is 61.2 cm³/mol. The van der Waals surface area contributed by atoms with Crippen LogP contribution in [0, 0.1) is 0 Å². The van der Waals surface area contributed by atoms with Crippen LogP contribution in [0.2, 0.25) is 0 Å². The number of aliphatic hydroxyl groups is 1. The van der Waals surface area contributed by atoms with E-state index in [4.69, 9.17) is 10.8 Å². The second-order valence-electron chi connectivity index (χ2n) is 3.35. The fraction of sp³-hybridized carbons (Fsp3) is 0.273. The van der Waals surface area contributed by atoms with Crippen molar-refractivity contribution in [2.24, 2.45) is 0 Å². The number of esters is 1. The lowest BCUT2D eigenvalue weighted by Crippen LogP contribution is -2.44. The smallest absolute Gasteiger partial charge is 0.330 e. The van der Waals surface area contributed by atoms with Gasteiger partial charge in [0.15, 0.2) is 6.04 Å². The Morgan fingerprint density at radius 1 is 1.41 bits per heavy atom. The second-order valence-corrected chi connectivity index (χ2v) is 3.35. The van der Waals surface area contributed by atoms with Gasteiger partial charge in [-0.25, -0.2) is 4.79 Å². The molecule has 6 heteroatoms. The fourth-order valence-corrected chi connectivity index (χ4v) is 1.20. The van der Waals surface area contributed by atoms with Crippen LogP contribution in [0.4, 0.5) is 5.69 Å². The molecule has 1 aromatic carbocycles. The summed E-state index contributed by atoms with van der Waals surface area (Å²) in [5.74, 6) is -1.18. The average molecular weight is 238 g/mol. The van der Waals surface area contributed by atoms with Crippen LogP contribution in [0.15, 0.2) is 24.3 Å². The summed E-state index contributed by atoms with van der Waals surface area (Å²) in [7, 11) is 1.18. The molecule has 1 rings (SSSR count). The fourth-order valence-electron chi connectivity index (χ4n) is 1.20. The van der Waals surface area contributed by atoms with Crippen molar-refractivity contribution in [3.8, 4) is 0 Å². The summed E-state index contributed by atoms with van der Waals surface area (Å²) in [6.45, 7) is -0.520. The molecular weight excluding hydrogens is 224 g/mol. The molecule has 0 spiro atoms. The third-order valence-corrected chi connectivity index (χ3v) is 2.15. The minimum Gasteiger partial charge on any atom is -0.467 e. The summed E-state index contributed by atoms with van der Waals surface area (Å²) in [5.41, 5.74) is 6.36. The Morgan fingerprint density at radius 3 is 2.47 bits per heavy atom. The maximum Gasteiger partial charge on any atom is 0.330 e. The molecule has 0 saturated carbocycles. The first kappa shape index (κ1) is 13.0. The number of hydrogen-bond acceptors (Lipinski definition) is 5. The van der Waals surface area contributed by atoms with Gasteiger partial charge in [-0.05, 0) is 24.3 Å². The first-order valence-electron chi connectivity index (χ1n) is 4.93. The van der Waals surface area contributed by atoms with Gasteiger partial charge in [-0.2, -0.15) is 0 Å². The standard InChI is InChI=1S/C11H14N2O4/c1-17-11(16)9(6-14)13-10(15)7-2-4-8(12)5-3-7/h2-5,9,14H,6,12H2,1H3,(H,13,15). The van der Waals surface area contributed by atoms with E-state index in [0.29, 0.717) is 11.3 Å². The number of carbonyl (C=O) groups is 2. The summed E-state index contributed by atoms with van der Waals surface area (Å²) in [6, 6.07) is 5.12. The van der Waals surface area contributed by atoms with E-state index in [9.17, 15) is 9.59 Å². The zero-order valence-electron chi connectivity index (χ0n) is 9.34. The van der Waals surface area contributed by atoms with Crippen LogP contribution >= 0.6 is 0 Å². The van der Waals surface area contributed by atoms with Gasteiger partial charge in [0.1, 0.15) is 0 Å². The van der Waals surface area contributed by atoms with Gasteiger partial charge in [0.05, 0.1) is 13.7 Å². The number of hydrogen-bond donors (Lipinski definition) is 3. The summed E-state index contributed by atoms with van der Waals surface area (Å²) < 4.78 is 4.43. The molecule has 1 unspecified atom stereocenters. The number of aliphatic hydroxyl groups excluding tert-OH is 1. The molecular formula is C11H14N2O4. The number of benzene rings is 1. The summed E-state index contributed by atoms with van der Waals surface area (Å²) >= 11 is 0. The molecule has 0 aliphatic carbocycles. The van der Waals surface area contributed by atoms with Gasteiger partial charge in [-0.3, -0.25) is 4.79 Å². The van der Waals surface area contributed by atoms with Crippen molar-refractivity contribution >= 4 is 17.6 Å². The number of nitrogens with one attached hydrogen (secondary N) is 1. The lowest BCUT2D eigenvalue weighted by atomic mass is 10.2. The zero-order chi connectivity index (χ0) is 12.8. The molecule has 1 aromatic rings. The van der Waals surface area contributed by atoms with Crippen LogP contribution in [0.5, 0.6) is 0 Å². The van der Waals surface area contributed by atoms with Gasteiger partial charge in [0, 0.05) is 11.3 Å². The molecule has 0 fully saturated rings. The molecule has 0 bridgehead atoms. The SMILES string of the molecule is COC(=O)C(CO)NC(=O)c1ccc(N)cc1. The molecule has 0 radical (unpaired) electrons. The molecule has 0 heterocycles. The van der Waals surface area contributed by atoms with Crippen LogP contribution in [-0.2, 0) is 9.53 Å². The van der Waals surface area contributed by atoms with Crippen LogP contribution in [0.3, 0.4) is 0 Å². The maximum absolute atomic E-state index is 11.7. The summed E-state index contributed by atoms with van der Waals surface area (Å²) in [5, 5.41) is 11.3.